The molecule has 0 spiro atoms. The molecule has 9 heteroatoms. The zero-order valence-electron chi connectivity index (χ0n) is 15.7. The van der Waals surface area contributed by atoms with E-state index in [4.69, 9.17) is 0 Å². The Labute approximate surface area is 167 Å². The lowest BCUT2D eigenvalue weighted by atomic mass is 10.1. The maximum atomic E-state index is 12.7. The minimum absolute atomic E-state index is 0. The summed E-state index contributed by atoms with van der Waals surface area (Å²) in [6, 6.07) is 6.97. The summed E-state index contributed by atoms with van der Waals surface area (Å²) in [6.45, 7) is 3.23. The third-order valence-electron chi connectivity index (χ3n) is 5.10. The molecule has 1 amide bonds. The third-order valence-corrected chi connectivity index (χ3v) is 7.00. The van der Waals surface area contributed by atoms with Gasteiger partial charge in [0.15, 0.2) is 0 Å². The van der Waals surface area contributed by atoms with E-state index >= 15 is 0 Å². The predicted molar refractivity (Wildman–Crippen MR) is 109 cm³/mol. The summed E-state index contributed by atoms with van der Waals surface area (Å²) in [7, 11) is -1.53. The molecule has 0 saturated carbocycles. The molecule has 152 valence electrons. The van der Waals surface area contributed by atoms with E-state index in [-0.39, 0.29) is 23.2 Å². The average Bonchev–Trinajstić information content (AvgIpc) is 3.17. The minimum atomic E-state index is -3.47. The van der Waals surface area contributed by atoms with Crippen LogP contribution in [0.4, 0.5) is 5.69 Å². The predicted octanol–water partition coefficient (Wildman–Crippen LogP) is 1.52. The first kappa shape index (κ1) is 22.1. The first-order valence-electron chi connectivity index (χ1n) is 9.29. The molecular formula is C18H29ClN4O3S. The highest BCUT2D eigenvalue weighted by Crippen LogP contribution is 2.23. The van der Waals surface area contributed by atoms with Gasteiger partial charge in [0, 0.05) is 31.4 Å². The Morgan fingerprint density at radius 1 is 1.19 bits per heavy atom. The molecule has 2 aliphatic rings. The van der Waals surface area contributed by atoms with Crippen LogP contribution in [-0.4, -0.2) is 69.3 Å². The summed E-state index contributed by atoms with van der Waals surface area (Å²) in [5.74, 6) is -0.113. The number of nitrogens with one attached hydrogen (secondary N) is 2. The second kappa shape index (κ2) is 9.84. The second-order valence-corrected chi connectivity index (χ2v) is 8.99. The number of carbonyl (C=O) groups is 1. The molecule has 2 heterocycles. The van der Waals surface area contributed by atoms with E-state index in [9.17, 15) is 13.2 Å². The Hall–Kier alpha value is -1.19. The van der Waals surface area contributed by atoms with Gasteiger partial charge in [-0.1, -0.05) is 6.07 Å². The van der Waals surface area contributed by atoms with Gasteiger partial charge in [-0.05, 0) is 57.5 Å². The van der Waals surface area contributed by atoms with Crippen LogP contribution in [-0.2, 0) is 14.8 Å². The Balaban J connectivity index is 0.00000261. The molecule has 7 nitrogen and oxygen atoms in total. The zero-order valence-corrected chi connectivity index (χ0v) is 17.3. The molecule has 2 N–H and O–H groups in total. The van der Waals surface area contributed by atoms with Gasteiger partial charge < -0.3 is 10.6 Å². The number of hydrogen-bond donors (Lipinski definition) is 2. The summed E-state index contributed by atoms with van der Waals surface area (Å²) < 4.78 is 26.8. The van der Waals surface area contributed by atoms with Crippen LogP contribution in [0.1, 0.15) is 25.7 Å². The van der Waals surface area contributed by atoms with Gasteiger partial charge in [0.05, 0.1) is 11.4 Å². The van der Waals surface area contributed by atoms with Crippen molar-refractivity contribution in [3.05, 3.63) is 24.3 Å². The quantitative estimate of drug-likeness (QED) is 0.734. The van der Waals surface area contributed by atoms with Crippen molar-refractivity contribution in [2.45, 2.75) is 36.6 Å². The Kier molecular flexibility index (Phi) is 8.05. The first-order valence-corrected chi connectivity index (χ1v) is 10.7. The van der Waals surface area contributed by atoms with Crippen molar-refractivity contribution < 1.29 is 13.2 Å². The average molecular weight is 417 g/mol. The van der Waals surface area contributed by atoms with Crippen LogP contribution in [0.2, 0.25) is 0 Å². The Morgan fingerprint density at radius 2 is 1.93 bits per heavy atom. The Morgan fingerprint density at radius 3 is 2.63 bits per heavy atom. The van der Waals surface area contributed by atoms with Crippen LogP contribution in [0.25, 0.3) is 0 Å². The summed E-state index contributed by atoms with van der Waals surface area (Å²) in [4.78, 5) is 14.7. The van der Waals surface area contributed by atoms with Gasteiger partial charge in [-0.15, -0.1) is 12.4 Å². The van der Waals surface area contributed by atoms with Crippen molar-refractivity contribution in [2.75, 3.05) is 45.1 Å². The van der Waals surface area contributed by atoms with Crippen LogP contribution in [0, 0.1) is 0 Å². The van der Waals surface area contributed by atoms with Crippen molar-refractivity contribution in [3.8, 4) is 0 Å². The van der Waals surface area contributed by atoms with Crippen LogP contribution in [0.15, 0.2) is 29.2 Å². The molecule has 27 heavy (non-hydrogen) atoms. The molecule has 2 aliphatic heterocycles. The van der Waals surface area contributed by atoms with Gasteiger partial charge in [-0.3, -0.25) is 9.69 Å². The van der Waals surface area contributed by atoms with E-state index in [0.29, 0.717) is 31.4 Å². The molecule has 1 unspecified atom stereocenters. The lowest BCUT2D eigenvalue weighted by Crippen LogP contribution is -2.46. The smallest absolute Gasteiger partial charge is 0.243 e. The molecule has 0 aliphatic carbocycles. The number of halogens is 1. The summed E-state index contributed by atoms with van der Waals surface area (Å²) in [5, 5.41) is 6.10. The van der Waals surface area contributed by atoms with Crippen LogP contribution in [0.5, 0.6) is 0 Å². The van der Waals surface area contributed by atoms with Gasteiger partial charge in [0.25, 0.3) is 0 Å². The highest BCUT2D eigenvalue weighted by molar-refractivity contribution is 7.89. The van der Waals surface area contributed by atoms with Crippen molar-refractivity contribution in [3.63, 3.8) is 0 Å². The zero-order chi connectivity index (χ0) is 18.6. The van der Waals surface area contributed by atoms with Crippen molar-refractivity contribution in [1.82, 2.24) is 14.5 Å². The number of amides is 1. The van der Waals surface area contributed by atoms with Crippen LogP contribution >= 0.6 is 12.4 Å². The SMILES string of the molecule is CNC1CCCN(CC(=O)Nc2cccc(S(=O)(=O)N3CCCC3)c2)C1.Cl. The fourth-order valence-electron chi connectivity index (χ4n) is 3.65. The molecule has 3 rings (SSSR count). The van der Waals surface area contributed by atoms with Gasteiger partial charge in [-0.25, -0.2) is 8.42 Å². The lowest BCUT2D eigenvalue weighted by Gasteiger charge is -2.31. The second-order valence-electron chi connectivity index (χ2n) is 7.05. The standard InChI is InChI=1S/C18H28N4O3S.ClH/c1-19-16-7-5-9-21(13-16)14-18(23)20-15-6-4-8-17(12-15)26(24,25)22-10-2-3-11-22;/h4,6,8,12,16,19H,2-3,5,7,9-11,13-14H2,1H3,(H,20,23);1H. The van der Waals surface area contributed by atoms with E-state index in [1.807, 2.05) is 7.05 Å². The summed E-state index contributed by atoms with van der Waals surface area (Å²) in [5.41, 5.74) is 0.525. The van der Waals surface area contributed by atoms with Gasteiger partial charge in [-0.2, -0.15) is 4.31 Å². The number of likely N-dealkylation sites (N-methyl/N-ethyl adjacent to an activating group) is 1. The van der Waals surface area contributed by atoms with E-state index in [0.717, 1.165) is 38.8 Å². The van der Waals surface area contributed by atoms with Crippen molar-refractivity contribution in [2.24, 2.45) is 0 Å². The molecule has 1 aromatic rings. The number of sulfonamides is 1. The molecule has 1 aromatic carbocycles. The molecule has 2 saturated heterocycles. The Bertz CT molecular complexity index is 738. The molecule has 0 aromatic heterocycles. The van der Waals surface area contributed by atoms with Gasteiger partial charge in [0.1, 0.15) is 0 Å². The number of benzene rings is 1. The number of rotatable bonds is 6. The highest BCUT2D eigenvalue weighted by Gasteiger charge is 2.27. The number of hydrogen-bond acceptors (Lipinski definition) is 5. The van der Waals surface area contributed by atoms with Gasteiger partial charge >= 0.3 is 0 Å². The highest BCUT2D eigenvalue weighted by atomic mass is 35.5. The fraction of sp³-hybridized carbons (Fsp3) is 0.611. The number of anilines is 1. The maximum absolute atomic E-state index is 12.7. The fourth-order valence-corrected chi connectivity index (χ4v) is 5.21. The van der Waals surface area contributed by atoms with E-state index in [1.54, 1.807) is 24.3 Å². The molecule has 0 bridgehead atoms. The van der Waals surface area contributed by atoms with Crippen LogP contribution in [0.3, 0.4) is 0 Å². The largest absolute Gasteiger partial charge is 0.325 e. The van der Waals surface area contributed by atoms with Crippen molar-refractivity contribution in [1.29, 1.82) is 0 Å². The number of piperidine rings is 1. The molecular weight excluding hydrogens is 388 g/mol. The monoisotopic (exact) mass is 416 g/mol. The summed E-state index contributed by atoms with van der Waals surface area (Å²) >= 11 is 0. The molecule has 2 fully saturated rings. The lowest BCUT2D eigenvalue weighted by molar-refractivity contribution is -0.117. The van der Waals surface area contributed by atoms with Gasteiger partial charge in [0.2, 0.25) is 15.9 Å². The van der Waals surface area contributed by atoms with E-state index in [2.05, 4.69) is 15.5 Å². The van der Waals surface area contributed by atoms with E-state index < -0.39 is 10.0 Å². The normalized spacial score (nSPS) is 21.6. The maximum Gasteiger partial charge on any atom is 0.243 e. The van der Waals surface area contributed by atoms with Crippen LogP contribution < -0.4 is 10.6 Å². The van der Waals surface area contributed by atoms with E-state index in [1.165, 1.54) is 4.31 Å². The third kappa shape index (κ3) is 5.65. The minimum Gasteiger partial charge on any atom is -0.325 e. The summed E-state index contributed by atoms with van der Waals surface area (Å²) in [6.07, 6.45) is 4.01. The first-order chi connectivity index (χ1) is 12.5. The molecule has 1 atom stereocenters. The number of carbonyl (C=O) groups excluding carboxylic acids is 1. The van der Waals surface area contributed by atoms with Crippen molar-refractivity contribution >= 4 is 34.0 Å². The molecule has 0 radical (unpaired) electrons. The topological polar surface area (TPSA) is 81.8 Å². The number of likely N-dealkylation sites (tertiary alicyclic amines) is 1. The number of nitrogens with zero attached hydrogens (tertiary/aromatic N) is 2.